The lowest BCUT2D eigenvalue weighted by Crippen LogP contribution is -2.48. The molecule has 0 aliphatic carbocycles. The third kappa shape index (κ3) is 2.53. The number of hydrogen-bond donors (Lipinski definition) is 1. The van der Waals surface area contributed by atoms with E-state index in [1.165, 1.54) is 21.9 Å². The van der Waals surface area contributed by atoms with Crippen molar-refractivity contribution < 1.29 is 19.6 Å². The maximum atomic E-state index is 11.7. The van der Waals surface area contributed by atoms with Crippen LogP contribution in [0.2, 0.25) is 0 Å². The molecule has 1 saturated heterocycles. The summed E-state index contributed by atoms with van der Waals surface area (Å²) in [6.45, 7) is 0.861. The van der Waals surface area contributed by atoms with Gasteiger partial charge in [0.05, 0.1) is 17.0 Å². The van der Waals surface area contributed by atoms with Crippen molar-refractivity contribution in [2.75, 3.05) is 31.6 Å². The summed E-state index contributed by atoms with van der Waals surface area (Å²) in [4.78, 5) is 36.2. The van der Waals surface area contributed by atoms with E-state index in [1.807, 2.05) is 0 Å². The summed E-state index contributed by atoms with van der Waals surface area (Å²) < 4.78 is 0. The maximum Gasteiger partial charge on any atom is 0.335 e. The Kier molecular flexibility index (Phi) is 3.55. The highest BCUT2D eigenvalue weighted by Gasteiger charge is 2.27. The van der Waals surface area contributed by atoms with Gasteiger partial charge in [-0.2, -0.15) is 0 Å². The number of nitro benzene ring substituents is 1. The summed E-state index contributed by atoms with van der Waals surface area (Å²) in [6.07, 6.45) is 0. The molecule has 0 saturated carbocycles. The Bertz CT molecular complexity index is 586. The zero-order chi connectivity index (χ0) is 14.9. The van der Waals surface area contributed by atoms with E-state index >= 15 is 0 Å². The van der Waals surface area contributed by atoms with Crippen molar-refractivity contribution in [2.45, 2.75) is 0 Å². The van der Waals surface area contributed by atoms with Crippen LogP contribution in [0.1, 0.15) is 10.4 Å². The fourth-order valence-corrected chi connectivity index (χ4v) is 2.03. The molecule has 0 spiro atoms. The number of amides is 1. The molecule has 1 heterocycles. The van der Waals surface area contributed by atoms with Crippen molar-refractivity contribution in [1.29, 1.82) is 0 Å². The first-order chi connectivity index (χ1) is 9.40. The van der Waals surface area contributed by atoms with Crippen molar-refractivity contribution in [3.05, 3.63) is 33.9 Å². The van der Waals surface area contributed by atoms with E-state index in [1.54, 1.807) is 7.05 Å². The Morgan fingerprint density at radius 1 is 1.40 bits per heavy atom. The van der Waals surface area contributed by atoms with Crippen molar-refractivity contribution in [3.8, 4) is 0 Å². The van der Waals surface area contributed by atoms with E-state index < -0.39 is 10.9 Å². The number of rotatable bonds is 3. The summed E-state index contributed by atoms with van der Waals surface area (Å²) in [5.41, 5.74) is -0.0827. The summed E-state index contributed by atoms with van der Waals surface area (Å²) in [5, 5.41) is 20.0. The average Bonchev–Trinajstić information content (AvgIpc) is 2.41. The number of carbonyl (C=O) groups is 2. The molecule has 1 aliphatic rings. The summed E-state index contributed by atoms with van der Waals surface area (Å²) >= 11 is 0. The van der Waals surface area contributed by atoms with Gasteiger partial charge in [-0.25, -0.2) is 4.79 Å². The molecule has 1 N–H and O–H groups in total. The molecular formula is C12H13N3O5. The molecule has 106 valence electrons. The van der Waals surface area contributed by atoms with Crippen molar-refractivity contribution in [2.24, 2.45) is 0 Å². The number of benzene rings is 1. The minimum atomic E-state index is -1.17. The Morgan fingerprint density at radius 3 is 2.65 bits per heavy atom. The smallest absolute Gasteiger partial charge is 0.335 e. The van der Waals surface area contributed by atoms with Gasteiger partial charge in [-0.1, -0.05) is 0 Å². The average molecular weight is 279 g/mol. The van der Waals surface area contributed by atoms with Crippen molar-refractivity contribution in [1.82, 2.24) is 4.90 Å². The van der Waals surface area contributed by atoms with Gasteiger partial charge in [-0.3, -0.25) is 14.9 Å². The van der Waals surface area contributed by atoms with Crippen LogP contribution in [0, 0.1) is 10.1 Å². The fourth-order valence-electron chi connectivity index (χ4n) is 2.03. The number of anilines is 1. The van der Waals surface area contributed by atoms with Crippen LogP contribution in [0.15, 0.2) is 18.2 Å². The molecule has 8 heteroatoms. The number of carboxylic acid groups (broad SMARTS) is 1. The molecule has 1 fully saturated rings. The lowest BCUT2D eigenvalue weighted by molar-refractivity contribution is -0.384. The predicted molar refractivity (Wildman–Crippen MR) is 69.9 cm³/mol. The molecule has 0 radical (unpaired) electrons. The first-order valence-corrected chi connectivity index (χ1v) is 5.91. The van der Waals surface area contributed by atoms with Crippen LogP contribution in [0.5, 0.6) is 0 Å². The normalized spacial score (nSPS) is 15.3. The lowest BCUT2D eigenvalue weighted by Gasteiger charge is -2.33. The monoisotopic (exact) mass is 279 g/mol. The van der Waals surface area contributed by atoms with E-state index in [-0.39, 0.29) is 29.4 Å². The van der Waals surface area contributed by atoms with E-state index in [4.69, 9.17) is 5.11 Å². The molecule has 2 rings (SSSR count). The SMILES string of the molecule is CN1CCN(c2cc(C(=O)O)ccc2[N+](=O)[O-])CC1=O. The number of carboxylic acids is 1. The number of nitro groups is 1. The number of likely N-dealkylation sites (N-methyl/N-ethyl adjacent to an activating group) is 1. The van der Waals surface area contributed by atoms with Gasteiger partial charge >= 0.3 is 5.97 Å². The van der Waals surface area contributed by atoms with E-state index in [2.05, 4.69) is 0 Å². The molecular weight excluding hydrogens is 266 g/mol. The molecule has 0 unspecified atom stereocenters. The largest absolute Gasteiger partial charge is 0.478 e. The third-order valence-electron chi connectivity index (χ3n) is 3.22. The number of aromatic carboxylic acids is 1. The molecule has 1 aromatic carbocycles. The molecule has 0 bridgehead atoms. The maximum absolute atomic E-state index is 11.7. The van der Waals surface area contributed by atoms with Crippen LogP contribution in [0.4, 0.5) is 11.4 Å². The van der Waals surface area contributed by atoms with E-state index in [9.17, 15) is 19.7 Å². The Labute approximate surface area is 114 Å². The second-order valence-corrected chi connectivity index (χ2v) is 4.50. The van der Waals surface area contributed by atoms with Gasteiger partial charge in [0.25, 0.3) is 5.69 Å². The quantitative estimate of drug-likeness (QED) is 0.640. The van der Waals surface area contributed by atoms with Gasteiger partial charge in [-0.15, -0.1) is 0 Å². The van der Waals surface area contributed by atoms with Gasteiger partial charge in [0, 0.05) is 26.2 Å². The zero-order valence-corrected chi connectivity index (χ0v) is 10.8. The highest BCUT2D eigenvalue weighted by atomic mass is 16.6. The lowest BCUT2D eigenvalue weighted by atomic mass is 10.1. The molecule has 8 nitrogen and oxygen atoms in total. The standard InChI is InChI=1S/C12H13N3O5/c1-13-4-5-14(7-11(13)16)10-6-8(12(17)18)2-3-9(10)15(19)20/h2-3,6H,4-5,7H2,1H3,(H,17,18). The zero-order valence-electron chi connectivity index (χ0n) is 10.8. The second kappa shape index (κ2) is 5.16. The first kappa shape index (κ1) is 13.8. The number of nitrogens with zero attached hydrogens (tertiary/aromatic N) is 3. The number of hydrogen-bond acceptors (Lipinski definition) is 5. The predicted octanol–water partition coefficient (Wildman–Crippen LogP) is 0.571. The molecule has 1 aromatic rings. The van der Waals surface area contributed by atoms with Crippen LogP contribution in [0.3, 0.4) is 0 Å². The summed E-state index contributed by atoms with van der Waals surface area (Å²) in [5.74, 6) is -1.33. The van der Waals surface area contributed by atoms with E-state index in [0.717, 1.165) is 6.07 Å². The van der Waals surface area contributed by atoms with E-state index in [0.29, 0.717) is 13.1 Å². The highest BCUT2D eigenvalue weighted by Crippen LogP contribution is 2.30. The molecule has 0 atom stereocenters. The van der Waals surface area contributed by atoms with Crippen molar-refractivity contribution >= 4 is 23.3 Å². The van der Waals surface area contributed by atoms with Crippen LogP contribution < -0.4 is 4.90 Å². The Balaban J connectivity index is 2.42. The van der Waals surface area contributed by atoms with Gasteiger partial charge in [0.2, 0.25) is 5.91 Å². The molecule has 20 heavy (non-hydrogen) atoms. The van der Waals surface area contributed by atoms with Gasteiger partial charge in [0.15, 0.2) is 0 Å². The van der Waals surface area contributed by atoms with Crippen LogP contribution in [-0.4, -0.2) is 53.5 Å². The minimum Gasteiger partial charge on any atom is -0.478 e. The van der Waals surface area contributed by atoms with Gasteiger partial charge in [0.1, 0.15) is 5.69 Å². The summed E-state index contributed by atoms with van der Waals surface area (Å²) in [7, 11) is 1.65. The fraction of sp³-hybridized carbons (Fsp3) is 0.333. The first-order valence-electron chi connectivity index (χ1n) is 5.91. The second-order valence-electron chi connectivity index (χ2n) is 4.50. The summed E-state index contributed by atoms with van der Waals surface area (Å²) in [6, 6.07) is 3.57. The minimum absolute atomic E-state index is 0.000409. The highest BCUT2D eigenvalue weighted by molar-refractivity contribution is 5.91. The Morgan fingerprint density at radius 2 is 2.10 bits per heavy atom. The molecule has 1 aliphatic heterocycles. The van der Waals surface area contributed by atoms with Gasteiger partial charge in [-0.05, 0) is 12.1 Å². The van der Waals surface area contributed by atoms with Crippen LogP contribution >= 0.6 is 0 Å². The van der Waals surface area contributed by atoms with Gasteiger partial charge < -0.3 is 14.9 Å². The number of piperazine rings is 1. The molecule has 0 aromatic heterocycles. The third-order valence-corrected chi connectivity index (χ3v) is 3.22. The number of carbonyl (C=O) groups excluding carboxylic acids is 1. The van der Waals surface area contributed by atoms with Crippen LogP contribution in [-0.2, 0) is 4.79 Å². The van der Waals surface area contributed by atoms with Crippen LogP contribution in [0.25, 0.3) is 0 Å². The Hall–Kier alpha value is -2.64. The molecule has 1 amide bonds. The van der Waals surface area contributed by atoms with Crippen molar-refractivity contribution in [3.63, 3.8) is 0 Å². The topological polar surface area (TPSA) is 104 Å².